The van der Waals surface area contributed by atoms with E-state index in [1.165, 1.54) is 44.9 Å². The number of carbonyl (C=O) groups is 1. The normalized spacial score (nSPS) is 35.0. The van der Waals surface area contributed by atoms with E-state index in [4.69, 9.17) is 0 Å². The van der Waals surface area contributed by atoms with Gasteiger partial charge in [-0.25, -0.2) is 0 Å². The molecular formula is C17H30N2O. The van der Waals surface area contributed by atoms with E-state index in [2.05, 4.69) is 17.1 Å². The average molecular weight is 278 g/mol. The summed E-state index contributed by atoms with van der Waals surface area (Å²) in [5.41, 5.74) is 0. The van der Waals surface area contributed by atoms with Gasteiger partial charge in [-0.15, -0.1) is 0 Å². The molecule has 2 aliphatic heterocycles. The molecule has 3 rings (SSSR count). The molecule has 3 aliphatic rings. The van der Waals surface area contributed by atoms with Gasteiger partial charge in [-0.2, -0.15) is 0 Å². The molecule has 20 heavy (non-hydrogen) atoms. The van der Waals surface area contributed by atoms with Crippen molar-refractivity contribution in [3.63, 3.8) is 0 Å². The third-order valence-electron chi connectivity index (χ3n) is 5.86. The molecule has 3 heteroatoms. The SMILES string of the molecule is CC1CC2CCCCC2N1C(=O)CCC1CCNCC1. The lowest BCUT2D eigenvalue weighted by Crippen LogP contribution is -2.42. The van der Waals surface area contributed by atoms with Gasteiger partial charge in [-0.3, -0.25) is 4.79 Å². The molecule has 1 amide bonds. The Morgan fingerprint density at radius 3 is 2.70 bits per heavy atom. The second-order valence-electron chi connectivity index (χ2n) is 7.23. The van der Waals surface area contributed by atoms with Crippen LogP contribution in [0.1, 0.15) is 64.7 Å². The van der Waals surface area contributed by atoms with Gasteiger partial charge in [0.05, 0.1) is 0 Å². The van der Waals surface area contributed by atoms with Crippen molar-refractivity contribution in [3.8, 4) is 0 Å². The van der Waals surface area contributed by atoms with Gasteiger partial charge >= 0.3 is 0 Å². The van der Waals surface area contributed by atoms with Gasteiger partial charge in [0.25, 0.3) is 0 Å². The van der Waals surface area contributed by atoms with E-state index in [0.29, 0.717) is 18.0 Å². The fourth-order valence-electron chi connectivity index (χ4n) is 4.77. The Bertz CT molecular complexity index is 338. The molecule has 0 radical (unpaired) electrons. The molecule has 3 nitrogen and oxygen atoms in total. The van der Waals surface area contributed by atoms with Gasteiger partial charge in [0.15, 0.2) is 0 Å². The van der Waals surface area contributed by atoms with Crippen LogP contribution in [0.3, 0.4) is 0 Å². The Balaban J connectivity index is 1.53. The van der Waals surface area contributed by atoms with Crippen LogP contribution in [0.15, 0.2) is 0 Å². The molecule has 3 fully saturated rings. The summed E-state index contributed by atoms with van der Waals surface area (Å²) in [5.74, 6) is 2.03. The first kappa shape index (κ1) is 14.4. The molecule has 1 N–H and O–H groups in total. The maximum atomic E-state index is 12.7. The minimum atomic E-state index is 0.449. The van der Waals surface area contributed by atoms with Crippen LogP contribution in [0.2, 0.25) is 0 Å². The molecule has 1 saturated carbocycles. The maximum absolute atomic E-state index is 12.7. The summed E-state index contributed by atoms with van der Waals surface area (Å²) in [6, 6.07) is 1.07. The number of piperidine rings is 1. The van der Waals surface area contributed by atoms with Crippen molar-refractivity contribution in [2.45, 2.75) is 76.8 Å². The molecule has 114 valence electrons. The molecule has 0 aromatic heterocycles. The van der Waals surface area contributed by atoms with E-state index in [0.717, 1.165) is 37.8 Å². The van der Waals surface area contributed by atoms with Crippen LogP contribution in [-0.4, -0.2) is 36.0 Å². The maximum Gasteiger partial charge on any atom is 0.223 e. The van der Waals surface area contributed by atoms with Crippen molar-refractivity contribution >= 4 is 5.91 Å². The first-order chi connectivity index (χ1) is 9.75. The summed E-state index contributed by atoms with van der Waals surface area (Å²) in [6.45, 7) is 4.55. The smallest absolute Gasteiger partial charge is 0.223 e. The Hall–Kier alpha value is -0.570. The number of amides is 1. The zero-order valence-corrected chi connectivity index (χ0v) is 12.9. The molecule has 2 heterocycles. The molecule has 0 bridgehead atoms. The Morgan fingerprint density at radius 1 is 1.15 bits per heavy atom. The lowest BCUT2D eigenvalue weighted by Gasteiger charge is -2.34. The van der Waals surface area contributed by atoms with Crippen molar-refractivity contribution in [1.29, 1.82) is 0 Å². The first-order valence-electron chi connectivity index (χ1n) is 8.77. The third kappa shape index (κ3) is 3.03. The highest BCUT2D eigenvalue weighted by Gasteiger charge is 2.42. The van der Waals surface area contributed by atoms with Crippen molar-refractivity contribution in [2.75, 3.05) is 13.1 Å². The molecule has 3 atom stereocenters. The minimum Gasteiger partial charge on any atom is -0.337 e. The molecule has 2 saturated heterocycles. The third-order valence-corrected chi connectivity index (χ3v) is 5.86. The molecule has 0 aromatic carbocycles. The summed E-state index contributed by atoms with van der Waals surface area (Å²) in [7, 11) is 0. The van der Waals surface area contributed by atoms with Crippen LogP contribution in [0.25, 0.3) is 0 Å². The number of likely N-dealkylation sites (tertiary alicyclic amines) is 1. The van der Waals surface area contributed by atoms with Gasteiger partial charge in [-0.1, -0.05) is 12.8 Å². The summed E-state index contributed by atoms with van der Waals surface area (Å²) < 4.78 is 0. The summed E-state index contributed by atoms with van der Waals surface area (Å²) in [6.07, 6.45) is 11.0. The van der Waals surface area contributed by atoms with Crippen LogP contribution in [-0.2, 0) is 4.79 Å². The van der Waals surface area contributed by atoms with Crippen LogP contribution >= 0.6 is 0 Å². The fourth-order valence-corrected chi connectivity index (χ4v) is 4.77. The largest absolute Gasteiger partial charge is 0.337 e. The summed E-state index contributed by atoms with van der Waals surface area (Å²) in [5, 5.41) is 3.41. The number of carbonyl (C=O) groups excluding carboxylic acids is 1. The molecule has 3 unspecified atom stereocenters. The highest BCUT2D eigenvalue weighted by molar-refractivity contribution is 5.77. The number of nitrogens with zero attached hydrogens (tertiary/aromatic N) is 1. The van der Waals surface area contributed by atoms with Gasteiger partial charge in [-0.05, 0) is 70.4 Å². The molecule has 0 spiro atoms. The fraction of sp³-hybridized carbons (Fsp3) is 0.941. The number of nitrogens with one attached hydrogen (secondary N) is 1. The molecule has 1 aliphatic carbocycles. The lowest BCUT2D eigenvalue weighted by atomic mass is 9.84. The van der Waals surface area contributed by atoms with Gasteiger partial charge in [0, 0.05) is 18.5 Å². The Morgan fingerprint density at radius 2 is 1.90 bits per heavy atom. The van der Waals surface area contributed by atoms with Crippen molar-refractivity contribution in [2.24, 2.45) is 11.8 Å². The van der Waals surface area contributed by atoms with Crippen molar-refractivity contribution in [1.82, 2.24) is 10.2 Å². The standard InChI is InChI=1S/C17H30N2O/c1-13-12-15-4-2-3-5-16(15)19(13)17(20)7-6-14-8-10-18-11-9-14/h13-16,18H,2-12H2,1H3. The molecular weight excluding hydrogens is 248 g/mol. The van der Waals surface area contributed by atoms with E-state index in [-0.39, 0.29) is 0 Å². The van der Waals surface area contributed by atoms with Crippen LogP contribution in [0.5, 0.6) is 0 Å². The van der Waals surface area contributed by atoms with E-state index < -0.39 is 0 Å². The number of hydrogen-bond donors (Lipinski definition) is 1. The first-order valence-corrected chi connectivity index (χ1v) is 8.77. The predicted octanol–water partition coefficient (Wildman–Crippen LogP) is 2.95. The zero-order valence-electron chi connectivity index (χ0n) is 12.9. The highest BCUT2D eigenvalue weighted by Crippen LogP contribution is 2.40. The minimum absolute atomic E-state index is 0.449. The lowest BCUT2D eigenvalue weighted by molar-refractivity contribution is -0.134. The second kappa shape index (κ2) is 6.46. The second-order valence-corrected chi connectivity index (χ2v) is 7.23. The number of rotatable bonds is 3. The van der Waals surface area contributed by atoms with Crippen molar-refractivity contribution in [3.05, 3.63) is 0 Å². The van der Waals surface area contributed by atoms with Gasteiger partial charge in [0.2, 0.25) is 5.91 Å². The monoisotopic (exact) mass is 278 g/mol. The average Bonchev–Trinajstić information content (AvgIpc) is 2.82. The van der Waals surface area contributed by atoms with Crippen LogP contribution in [0.4, 0.5) is 0 Å². The van der Waals surface area contributed by atoms with Gasteiger partial charge < -0.3 is 10.2 Å². The quantitative estimate of drug-likeness (QED) is 0.861. The topological polar surface area (TPSA) is 32.3 Å². The predicted molar refractivity (Wildman–Crippen MR) is 81.5 cm³/mol. The van der Waals surface area contributed by atoms with E-state index in [1.807, 2.05) is 0 Å². The van der Waals surface area contributed by atoms with E-state index in [1.54, 1.807) is 0 Å². The Labute approximate surface area is 123 Å². The molecule has 0 aromatic rings. The van der Waals surface area contributed by atoms with Crippen LogP contribution in [0, 0.1) is 11.8 Å². The number of fused-ring (bicyclic) bond motifs is 1. The van der Waals surface area contributed by atoms with E-state index >= 15 is 0 Å². The van der Waals surface area contributed by atoms with Crippen LogP contribution < -0.4 is 5.32 Å². The van der Waals surface area contributed by atoms with Gasteiger partial charge in [0.1, 0.15) is 0 Å². The Kier molecular flexibility index (Phi) is 4.65. The van der Waals surface area contributed by atoms with E-state index in [9.17, 15) is 4.79 Å². The highest BCUT2D eigenvalue weighted by atomic mass is 16.2. The zero-order chi connectivity index (χ0) is 13.9. The van der Waals surface area contributed by atoms with Crippen molar-refractivity contribution < 1.29 is 4.79 Å². The number of hydrogen-bond acceptors (Lipinski definition) is 2. The summed E-state index contributed by atoms with van der Waals surface area (Å²) >= 11 is 0. The summed E-state index contributed by atoms with van der Waals surface area (Å²) in [4.78, 5) is 14.9.